The van der Waals surface area contributed by atoms with Gasteiger partial charge in [-0.15, -0.1) is 0 Å². The summed E-state index contributed by atoms with van der Waals surface area (Å²) >= 11 is 0. The minimum absolute atomic E-state index is 0.150. The van der Waals surface area contributed by atoms with Crippen LogP contribution >= 0.6 is 0 Å². The number of pyridine rings is 1. The summed E-state index contributed by atoms with van der Waals surface area (Å²) in [7, 11) is 0. The first-order valence-electron chi connectivity index (χ1n) is 3.06. The van der Waals surface area contributed by atoms with Crippen LogP contribution in [0.15, 0.2) is 18.5 Å². The molecule has 1 heterocycles. The highest BCUT2D eigenvalue weighted by atomic mass is 19.1. The zero-order valence-electron chi connectivity index (χ0n) is 5.71. The molecule has 1 atom stereocenters. The number of aromatic nitrogens is 1. The van der Waals surface area contributed by atoms with E-state index < -0.39 is 0 Å². The van der Waals surface area contributed by atoms with Gasteiger partial charge in [-0.1, -0.05) is 0 Å². The number of halogens is 1. The Kier molecular flexibility index (Phi) is 1.97. The first-order chi connectivity index (χ1) is 4.70. The summed E-state index contributed by atoms with van der Waals surface area (Å²) in [5, 5.41) is 0. The molecule has 0 fully saturated rings. The van der Waals surface area contributed by atoms with Gasteiger partial charge >= 0.3 is 0 Å². The minimum atomic E-state index is -0.338. The first-order valence-corrected chi connectivity index (χ1v) is 3.06. The van der Waals surface area contributed by atoms with Crippen LogP contribution in [0.4, 0.5) is 4.39 Å². The maximum Gasteiger partial charge on any atom is 0.141 e. The molecule has 2 N–H and O–H groups in total. The van der Waals surface area contributed by atoms with E-state index in [0.29, 0.717) is 0 Å². The predicted octanol–water partition coefficient (Wildman–Crippen LogP) is 1.24. The fourth-order valence-corrected chi connectivity index (χ4v) is 0.677. The molecule has 0 aromatic carbocycles. The van der Waals surface area contributed by atoms with Gasteiger partial charge in [-0.05, 0) is 18.6 Å². The quantitative estimate of drug-likeness (QED) is 0.637. The first kappa shape index (κ1) is 7.15. The molecule has 2 nitrogen and oxygen atoms in total. The van der Waals surface area contributed by atoms with E-state index in [-0.39, 0.29) is 11.9 Å². The van der Waals surface area contributed by atoms with Crippen molar-refractivity contribution < 1.29 is 4.39 Å². The average Bonchev–Trinajstić information content (AvgIpc) is 1.88. The fourth-order valence-electron chi connectivity index (χ4n) is 0.677. The van der Waals surface area contributed by atoms with Crippen molar-refractivity contribution in [1.82, 2.24) is 4.98 Å². The van der Waals surface area contributed by atoms with Gasteiger partial charge in [0, 0.05) is 12.2 Å². The van der Waals surface area contributed by atoms with Crippen LogP contribution in [0.1, 0.15) is 18.5 Å². The lowest BCUT2D eigenvalue weighted by atomic mass is 10.2. The van der Waals surface area contributed by atoms with E-state index in [2.05, 4.69) is 4.98 Å². The van der Waals surface area contributed by atoms with Crippen LogP contribution in [0.2, 0.25) is 0 Å². The Morgan fingerprint density at radius 3 is 2.70 bits per heavy atom. The monoisotopic (exact) mass is 140 g/mol. The molecule has 0 radical (unpaired) electrons. The number of nitrogens with two attached hydrogens (primary N) is 1. The second-order valence-corrected chi connectivity index (χ2v) is 2.23. The zero-order valence-corrected chi connectivity index (χ0v) is 5.71. The smallest absolute Gasteiger partial charge is 0.141 e. The van der Waals surface area contributed by atoms with Crippen LogP contribution in [0.25, 0.3) is 0 Å². The van der Waals surface area contributed by atoms with Crippen molar-refractivity contribution in [3.05, 3.63) is 29.8 Å². The lowest BCUT2D eigenvalue weighted by molar-refractivity contribution is 0.615. The lowest BCUT2D eigenvalue weighted by Gasteiger charge is -2.02. The molecule has 0 saturated heterocycles. The summed E-state index contributed by atoms with van der Waals surface area (Å²) < 4.78 is 12.4. The van der Waals surface area contributed by atoms with Crippen molar-refractivity contribution in [1.29, 1.82) is 0 Å². The summed E-state index contributed by atoms with van der Waals surface area (Å²) in [5.74, 6) is -0.338. The van der Waals surface area contributed by atoms with Gasteiger partial charge in [0.15, 0.2) is 0 Å². The van der Waals surface area contributed by atoms with Crippen molar-refractivity contribution in [2.24, 2.45) is 5.73 Å². The maximum absolute atomic E-state index is 12.4. The maximum atomic E-state index is 12.4. The summed E-state index contributed by atoms with van der Waals surface area (Å²) in [4.78, 5) is 3.65. The van der Waals surface area contributed by atoms with Crippen molar-refractivity contribution in [2.45, 2.75) is 13.0 Å². The van der Waals surface area contributed by atoms with Gasteiger partial charge in [0.1, 0.15) is 5.82 Å². The molecule has 0 spiro atoms. The highest BCUT2D eigenvalue weighted by Crippen LogP contribution is 2.07. The molecule has 10 heavy (non-hydrogen) atoms. The Bertz CT molecular complexity index is 223. The molecule has 0 unspecified atom stereocenters. The standard InChI is InChI=1S/C7H9FN2/c1-5(9)6-2-7(8)4-10-3-6/h2-5H,9H2,1H3/t5-/m0/s1. The van der Waals surface area contributed by atoms with Gasteiger partial charge in [0.25, 0.3) is 0 Å². The normalized spacial score (nSPS) is 13.1. The predicted molar refractivity (Wildman–Crippen MR) is 36.8 cm³/mol. The summed E-state index contributed by atoms with van der Waals surface area (Å²) in [6, 6.07) is 1.24. The second kappa shape index (κ2) is 2.75. The molecule has 0 aliphatic heterocycles. The van der Waals surface area contributed by atoms with Crippen LogP contribution in [0.5, 0.6) is 0 Å². The van der Waals surface area contributed by atoms with Gasteiger partial charge < -0.3 is 5.73 Å². The van der Waals surface area contributed by atoms with E-state index >= 15 is 0 Å². The molecule has 1 aromatic rings. The third kappa shape index (κ3) is 1.51. The van der Waals surface area contributed by atoms with Crippen LogP contribution in [-0.4, -0.2) is 4.98 Å². The molecule has 0 aliphatic rings. The Labute approximate surface area is 58.9 Å². The van der Waals surface area contributed by atoms with Gasteiger partial charge in [-0.25, -0.2) is 4.39 Å². The van der Waals surface area contributed by atoms with Gasteiger partial charge in [-0.3, -0.25) is 4.98 Å². The van der Waals surface area contributed by atoms with Crippen molar-refractivity contribution >= 4 is 0 Å². The third-order valence-corrected chi connectivity index (χ3v) is 1.25. The fraction of sp³-hybridized carbons (Fsp3) is 0.286. The molecule has 1 rings (SSSR count). The number of hydrogen-bond donors (Lipinski definition) is 1. The van der Waals surface area contributed by atoms with Crippen LogP contribution in [-0.2, 0) is 0 Å². The van der Waals surface area contributed by atoms with E-state index in [1.807, 2.05) is 0 Å². The van der Waals surface area contributed by atoms with E-state index in [0.717, 1.165) is 11.8 Å². The summed E-state index contributed by atoms with van der Waals surface area (Å²) in [6.07, 6.45) is 2.72. The van der Waals surface area contributed by atoms with Crippen molar-refractivity contribution in [3.63, 3.8) is 0 Å². The average molecular weight is 140 g/mol. The number of hydrogen-bond acceptors (Lipinski definition) is 2. The minimum Gasteiger partial charge on any atom is -0.324 e. The van der Waals surface area contributed by atoms with E-state index in [1.165, 1.54) is 6.07 Å². The molecule has 0 aliphatic carbocycles. The van der Waals surface area contributed by atoms with E-state index in [9.17, 15) is 4.39 Å². The third-order valence-electron chi connectivity index (χ3n) is 1.25. The molecule has 54 valence electrons. The highest BCUT2D eigenvalue weighted by Gasteiger charge is 1.99. The Morgan fingerprint density at radius 2 is 2.30 bits per heavy atom. The molecular weight excluding hydrogens is 131 g/mol. The zero-order chi connectivity index (χ0) is 7.56. The largest absolute Gasteiger partial charge is 0.324 e. The highest BCUT2D eigenvalue weighted by molar-refractivity contribution is 5.13. The Morgan fingerprint density at radius 1 is 1.60 bits per heavy atom. The van der Waals surface area contributed by atoms with Gasteiger partial charge in [0.2, 0.25) is 0 Å². The van der Waals surface area contributed by atoms with E-state index in [1.54, 1.807) is 13.1 Å². The molecule has 0 amide bonds. The SMILES string of the molecule is C[C@H](N)c1cncc(F)c1. The van der Waals surface area contributed by atoms with E-state index in [4.69, 9.17) is 5.73 Å². The summed E-state index contributed by atoms with van der Waals surface area (Å²) in [6.45, 7) is 1.79. The van der Waals surface area contributed by atoms with Crippen LogP contribution < -0.4 is 5.73 Å². The van der Waals surface area contributed by atoms with Crippen molar-refractivity contribution in [2.75, 3.05) is 0 Å². The van der Waals surface area contributed by atoms with Crippen LogP contribution in [0.3, 0.4) is 0 Å². The summed E-state index contributed by atoms with van der Waals surface area (Å²) in [5.41, 5.74) is 6.20. The molecule has 0 saturated carbocycles. The molecule has 1 aromatic heterocycles. The topological polar surface area (TPSA) is 38.9 Å². The molecule has 3 heteroatoms. The second-order valence-electron chi connectivity index (χ2n) is 2.23. The van der Waals surface area contributed by atoms with Gasteiger partial charge in [0.05, 0.1) is 6.20 Å². The number of nitrogens with zero attached hydrogens (tertiary/aromatic N) is 1. The molecular formula is C7H9FN2. The molecule has 0 bridgehead atoms. The van der Waals surface area contributed by atoms with Crippen molar-refractivity contribution in [3.8, 4) is 0 Å². The van der Waals surface area contributed by atoms with Crippen LogP contribution in [0, 0.1) is 5.82 Å². The lowest BCUT2D eigenvalue weighted by Crippen LogP contribution is -2.05. The Balaban J connectivity index is 2.96. The number of rotatable bonds is 1. The Hall–Kier alpha value is -0.960. The van der Waals surface area contributed by atoms with Gasteiger partial charge in [-0.2, -0.15) is 0 Å².